The molecular weight excluding hydrogens is 382 g/mol. The highest BCUT2D eigenvalue weighted by molar-refractivity contribution is 5.94. The Morgan fingerprint density at radius 1 is 1.13 bits per heavy atom. The van der Waals surface area contributed by atoms with Gasteiger partial charge in [0, 0.05) is 24.0 Å². The summed E-state index contributed by atoms with van der Waals surface area (Å²) in [6.45, 7) is 3.93. The molecule has 0 unspecified atom stereocenters. The summed E-state index contributed by atoms with van der Waals surface area (Å²) < 4.78 is 18.8. The van der Waals surface area contributed by atoms with Crippen LogP contribution in [-0.4, -0.2) is 35.8 Å². The Labute approximate surface area is 175 Å². The van der Waals surface area contributed by atoms with Crippen LogP contribution in [0.5, 0.6) is 17.2 Å². The lowest BCUT2D eigenvalue weighted by molar-refractivity contribution is -0.116. The van der Waals surface area contributed by atoms with Gasteiger partial charge in [0.1, 0.15) is 17.9 Å². The molecule has 1 amide bonds. The second-order valence-electron chi connectivity index (χ2n) is 7.40. The summed E-state index contributed by atoms with van der Waals surface area (Å²) in [5.41, 5.74) is 2.53. The Morgan fingerprint density at radius 3 is 2.67 bits per heavy atom. The van der Waals surface area contributed by atoms with Crippen LogP contribution in [0.4, 0.5) is 5.82 Å². The topological polar surface area (TPSA) is 74.6 Å². The average molecular weight is 407 g/mol. The zero-order valence-electron chi connectivity index (χ0n) is 17.5. The van der Waals surface area contributed by atoms with Crippen LogP contribution in [0.15, 0.2) is 48.8 Å². The van der Waals surface area contributed by atoms with Crippen LogP contribution in [-0.2, 0) is 4.79 Å². The number of fused-ring (bicyclic) bond motifs is 1. The number of imidazole rings is 1. The number of rotatable bonds is 6. The van der Waals surface area contributed by atoms with Gasteiger partial charge in [0.25, 0.3) is 0 Å². The molecule has 0 saturated heterocycles. The Morgan fingerprint density at radius 2 is 1.93 bits per heavy atom. The lowest BCUT2D eigenvalue weighted by Crippen LogP contribution is -2.25. The van der Waals surface area contributed by atoms with Gasteiger partial charge < -0.3 is 19.5 Å². The maximum atomic E-state index is 12.7. The van der Waals surface area contributed by atoms with Gasteiger partial charge in [0.2, 0.25) is 5.91 Å². The third kappa shape index (κ3) is 3.58. The predicted molar refractivity (Wildman–Crippen MR) is 114 cm³/mol. The number of benzene rings is 2. The highest BCUT2D eigenvalue weighted by atomic mass is 16.5. The van der Waals surface area contributed by atoms with Gasteiger partial charge in [-0.3, -0.25) is 9.36 Å². The number of amides is 1. The zero-order valence-corrected chi connectivity index (χ0v) is 17.5. The lowest BCUT2D eigenvalue weighted by atomic mass is 9.89. The van der Waals surface area contributed by atoms with Crippen LogP contribution >= 0.6 is 0 Å². The minimum Gasteiger partial charge on any atom is -0.497 e. The molecule has 2 heterocycles. The van der Waals surface area contributed by atoms with E-state index in [-0.39, 0.29) is 24.3 Å². The van der Waals surface area contributed by atoms with Crippen molar-refractivity contribution in [3.8, 4) is 22.9 Å². The van der Waals surface area contributed by atoms with Crippen molar-refractivity contribution in [1.82, 2.24) is 9.55 Å². The maximum absolute atomic E-state index is 12.7. The second-order valence-corrected chi connectivity index (χ2v) is 7.40. The number of nitrogens with one attached hydrogen (secondary N) is 1. The van der Waals surface area contributed by atoms with Gasteiger partial charge in [-0.2, -0.15) is 0 Å². The summed E-state index contributed by atoms with van der Waals surface area (Å²) >= 11 is 0. The molecule has 1 aromatic heterocycles. The fraction of sp³-hybridized carbons (Fsp3) is 0.304. The van der Waals surface area contributed by atoms with Gasteiger partial charge in [0.05, 0.1) is 31.7 Å². The number of methoxy groups -OCH3 is 2. The first kappa shape index (κ1) is 19.8. The second kappa shape index (κ2) is 8.10. The van der Waals surface area contributed by atoms with Gasteiger partial charge in [-0.1, -0.05) is 18.2 Å². The van der Waals surface area contributed by atoms with E-state index in [0.717, 1.165) is 22.7 Å². The van der Waals surface area contributed by atoms with Crippen molar-refractivity contribution in [2.45, 2.75) is 32.3 Å². The first-order valence-corrected chi connectivity index (χ1v) is 9.87. The van der Waals surface area contributed by atoms with Gasteiger partial charge >= 0.3 is 0 Å². The van der Waals surface area contributed by atoms with Crippen molar-refractivity contribution in [2.24, 2.45) is 0 Å². The molecule has 30 heavy (non-hydrogen) atoms. The fourth-order valence-electron chi connectivity index (χ4n) is 3.75. The van der Waals surface area contributed by atoms with E-state index in [1.54, 1.807) is 20.5 Å². The number of anilines is 1. The summed E-state index contributed by atoms with van der Waals surface area (Å²) in [6, 6.07) is 13.4. The quantitative estimate of drug-likeness (QED) is 0.664. The normalized spacial score (nSPS) is 15.5. The monoisotopic (exact) mass is 407 g/mol. The summed E-state index contributed by atoms with van der Waals surface area (Å²) in [6.07, 6.45) is 1.97. The molecule has 0 fully saturated rings. The molecule has 156 valence electrons. The van der Waals surface area contributed by atoms with Crippen LogP contribution in [0, 0.1) is 0 Å². The Kier molecular flexibility index (Phi) is 5.35. The molecule has 0 spiro atoms. The van der Waals surface area contributed by atoms with Crippen LogP contribution in [0.2, 0.25) is 0 Å². The predicted octanol–water partition coefficient (Wildman–Crippen LogP) is 4.15. The van der Waals surface area contributed by atoms with Crippen molar-refractivity contribution < 1.29 is 19.0 Å². The first-order valence-electron chi connectivity index (χ1n) is 9.87. The lowest BCUT2D eigenvalue weighted by Gasteiger charge is -2.26. The first-order chi connectivity index (χ1) is 14.5. The third-order valence-corrected chi connectivity index (χ3v) is 5.06. The van der Waals surface area contributed by atoms with E-state index in [1.807, 2.05) is 60.9 Å². The molecule has 1 N–H and O–H groups in total. The number of hydrogen-bond acceptors (Lipinski definition) is 5. The van der Waals surface area contributed by atoms with E-state index in [4.69, 9.17) is 14.2 Å². The minimum atomic E-state index is -0.246. The van der Waals surface area contributed by atoms with Gasteiger partial charge in [-0.15, -0.1) is 0 Å². The van der Waals surface area contributed by atoms with Crippen molar-refractivity contribution in [3.05, 3.63) is 60.0 Å². The van der Waals surface area contributed by atoms with Crippen molar-refractivity contribution in [1.29, 1.82) is 0 Å². The SMILES string of the molecule is COc1cccc(-n2cnc3c2NC(=O)C[C@H]3c2cccc(OC)c2OC(C)C)c1. The molecule has 1 aliphatic heterocycles. The molecule has 7 heteroatoms. The van der Waals surface area contributed by atoms with Crippen LogP contribution in [0.3, 0.4) is 0 Å². The van der Waals surface area contributed by atoms with E-state index >= 15 is 0 Å². The summed E-state index contributed by atoms with van der Waals surface area (Å²) in [5, 5.41) is 2.98. The standard InChI is InChI=1S/C23H25N3O4/c1-14(2)30-22-17(9-6-10-19(22)29-4)18-12-20(27)25-23-21(18)24-13-26(23)15-7-5-8-16(11-15)28-3/h5-11,13-14,18H,12H2,1-4H3,(H,25,27)/t18-/m0/s1. The maximum Gasteiger partial charge on any atom is 0.226 e. The van der Waals surface area contributed by atoms with Crippen molar-refractivity contribution >= 4 is 11.7 Å². The molecule has 3 aromatic rings. The number of nitrogens with zero attached hydrogens (tertiary/aromatic N) is 2. The number of para-hydroxylation sites is 1. The highest BCUT2D eigenvalue weighted by Crippen LogP contribution is 2.44. The minimum absolute atomic E-state index is 0.0359. The molecule has 0 saturated carbocycles. The third-order valence-electron chi connectivity index (χ3n) is 5.06. The largest absolute Gasteiger partial charge is 0.497 e. The van der Waals surface area contributed by atoms with Crippen LogP contribution in [0.25, 0.3) is 5.69 Å². The number of ether oxygens (including phenoxy) is 3. The van der Waals surface area contributed by atoms with Crippen molar-refractivity contribution in [3.63, 3.8) is 0 Å². The van der Waals surface area contributed by atoms with Crippen molar-refractivity contribution in [2.75, 3.05) is 19.5 Å². The summed E-state index contributed by atoms with van der Waals surface area (Å²) in [4.78, 5) is 17.3. The van der Waals surface area contributed by atoms with Gasteiger partial charge in [0.15, 0.2) is 11.5 Å². The number of carbonyl (C=O) groups excluding carboxylic acids is 1. The summed E-state index contributed by atoms with van der Waals surface area (Å²) in [7, 11) is 3.24. The molecule has 2 aromatic carbocycles. The number of hydrogen-bond donors (Lipinski definition) is 1. The Hall–Kier alpha value is -3.48. The smallest absolute Gasteiger partial charge is 0.226 e. The Bertz CT molecular complexity index is 1070. The molecule has 0 radical (unpaired) electrons. The molecule has 0 aliphatic carbocycles. The van der Waals surface area contributed by atoms with E-state index in [0.29, 0.717) is 17.3 Å². The molecule has 1 atom stereocenters. The molecular formula is C23H25N3O4. The van der Waals surface area contributed by atoms with E-state index < -0.39 is 0 Å². The highest BCUT2D eigenvalue weighted by Gasteiger charge is 2.33. The van der Waals surface area contributed by atoms with E-state index in [2.05, 4.69) is 10.3 Å². The van der Waals surface area contributed by atoms with Crippen LogP contribution < -0.4 is 19.5 Å². The molecule has 4 rings (SSSR count). The molecule has 0 bridgehead atoms. The fourth-order valence-corrected chi connectivity index (χ4v) is 3.75. The van der Waals surface area contributed by atoms with Gasteiger partial charge in [-0.25, -0.2) is 4.98 Å². The summed E-state index contributed by atoms with van der Waals surface area (Å²) in [5.74, 6) is 2.36. The number of aromatic nitrogens is 2. The zero-order chi connectivity index (χ0) is 21.3. The van der Waals surface area contributed by atoms with Crippen LogP contribution in [0.1, 0.15) is 37.4 Å². The molecule has 1 aliphatic rings. The Balaban J connectivity index is 1.83. The molecule has 7 nitrogen and oxygen atoms in total. The van der Waals surface area contributed by atoms with Gasteiger partial charge in [-0.05, 0) is 32.0 Å². The van der Waals surface area contributed by atoms with E-state index in [9.17, 15) is 4.79 Å². The average Bonchev–Trinajstić information content (AvgIpc) is 3.16. The van der Waals surface area contributed by atoms with E-state index in [1.165, 1.54) is 0 Å². The number of carbonyl (C=O) groups is 1.